The highest BCUT2D eigenvalue weighted by atomic mass is 16.5. The Morgan fingerprint density at radius 2 is 2.17 bits per heavy atom. The van der Waals surface area contributed by atoms with Crippen LogP contribution in [-0.2, 0) is 9.53 Å². The number of carbonyl (C=O) groups is 1. The summed E-state index contributed by atoms with van der Waals surface area (Å²) in [6.45, 7) is 4.78. The topological polar surface area (TPSA) is 29.5 Å². The summed E-state index contributed by atoms with van der Waals surface area (Å²) in [5.74, 6) is 0.205. The van der Waals surface area contributed by atoms with Gasteiger partial charge in [0, 0.05) is 19.5 Å². The summed E-state index contributed by atoms with van der Waals surface area (Å²) in [4.78, 5) is 13.2. The Kier molecular flexibility index (Phi) is 3.80. The van der Waals surface area contributed by atoms with Crippen molar-refractivity contribution in [3.63, 3.8) is 0 Å². The second kappa shape index (κ2) is 4.93. The Morgan fingerprint density at radius 1 is 1.50 bits per heavy atom. The molecule has 1 amide bonds. The molecule has 0 radical (unpaired) electrons. The lowest BCUT2D eigenvalue weighted by molar-refractivity contribution is -0.134. The predicted molar refractivity (Wildman–Crippen MR) is 46.8 cm³/mol. The van der Waals surface area contributed by atoms with Crippen LogP contribution in [0.25, 0.3) is 0 Å². The van der Waals surface area contributed by atoms with Gasteiger partial charge >= 0.3 is 0 Å². The van der Waals surface area contributed by atoms with Gasteiger partial charge in [0.15, 0.2) is 0 Å². The molecule has 0 unspecified atom stereocenters. The highest BCUT2D eigenvalue weighted by Gasteiger charge is 2.14. The van der Waals surface area contributed by atoms with Crippen LogP contribution in [0.1, 0.15) is 13.3 Å². The number of morpholine rings is 1. The van der Waals surface area contributed by atoms with Crippen LogP contribution in [0.5, 0.6) is 0 Å². The Bertz CT molecular complexity index is 171. The smallest absolute Gasteiger partial charge is 0.226 e. The van der Waals surface area contributed by atoms with Crippen molar-refractivity contribution in [3.05, 3.63) is 12.2 Å². The van der Waals surface area contributed by atoms with Crippen molar-refractivity contribution in [1.29, 1.82) is 0 Å². The summed E-state index contributed by atoms with van der Waals surface area (Å²) in [5.41, 5.74) is 0. The molecule has 1 saturated heterocycles. The van der Waals surface area contributed by atoms with E-state index in [2.05, 4.69) is 0 Å². The number of allylic oxidation sites excluding steroid dienone is 1. The minimum atomic E-state index is 0.205. The van der Waals surface area contributed by atoms with Crippen molar-refractivity contribution in [2.75, 3.05) is 26.3 Å². The normalized spacial score (nSPS) is 18.6. The van der Waals surface area contributed by atoms with E-state index in [4.69, 9.17) is 4.74 Å². The molecule has 0 atom stereocenters. The lowest BCUT2D eigenvalue weighted by Crippen LogP contribution is -2.40. The van der Waals surface area contributed by atoms with Gasteiger partial charge in [-0.3, -0.25) is 4.79 Å². The highest BCUT2D eigenvalue weighted by Crippen LogP contribution is 2.00. The molecule has 0 N–H and O–H groups in total. The van der Waals surface area contributed by atoms with Crippen LogP contribution < -0.4 is 0 Å². The Labute approximate surface area is 73.0 Å². The molecule has 68 valence electrons. The molecule has 1 fully saturated rings. The molecule has 1 rings (SSSR count). The van der Waals surface area contributed by atoms with Crippen LogP contribution in [0.4, 0.5) is 0 Å². The van der Waals surface area contributed by atoms with E-state index in [0.29, 0.717) is 19.6 Å². The van der Waals surface area contributed by atoms with Gasteiger partial charge in [0.1, 0.15) is 0 Å². The second-order valence-electron chi connectivity index (χ2n) is 2.77. The Hall–Kier alpha value is -0.830. The zero-order chi connectivity index (χ0) is 8.81. The van der Waals surface area contributed by atoms with Gasteiger partial charge in [0.2, 0.25) is 5.91 Å². The molecule has 0 spiro atoms. The molecule has 0 aliphatic carbocycles. The highest BCUT2D eigenvalue weighted by molar-refractivity contribution is 5.77. The first-order valence-corrected chi connectivity index (χ1v) is 4.31. The van der Waals surface area contributed by atoms with Crippen LogP contribution in [0.15, 0.2) is 12.2 Å². The van der Waals surface area contributed by atoms with Gasteiger partial charge in [-0.15, -0.1) is 0 Å². The molecule has 1 aliphatic heterocycles. The zero-order valence-corrected chi connectivity index (χ0v) is 7.45. The maximum Gasteiger partial charge on any atom is 0.226 e. The minimum Gasteiger partial charge on any atom is -0.378 e. The maximum atomic E-state index is 11.4. The average molecular weight is 169 g/mol. The molecule has 1 aliphatic rings. The number of amides is 1. The third-order valence-corrected chi connectivity index (χ3v) is 1.89. The van der Waals surface area contributed by atoms with Gasteiger partial charge in [0.05, 0.1) is 13.2 Å². The first-order valence-electron chi connectivity index (χ1n) is 4.31. The van der Waals surface area contributed by atoms with Gasteiger partial charge in [-0.25, -0.2) is 0 Å². The monoisotopic (exact) mass is 169 g/mol. The third-order valence-electron chi connectivity index (χ3n) is 1.89. The van der Waals surface area contributed by atoms with E-state index in [1.165, 1.54) is 0 Å². The van der Waals surface area contributed by atoms with Crippen LogP contribution in [0.2, 0.25) is 0 Å². The van der Waals surface area contributed by atoms with Gasteiger partial charge in [-0.05, 0) is 6.92 Å². The first-order chi connectivity index (χ1) is 5.84. The van der Waals surface area contributed by atoms with Crippen molar-refractivity contribution < 1.29 is 9.53 Å². The summed E-state index contributed by atoms with van der Waals surface area (Å²) < 4.78 is 5.14. The second-order valence-corrected chi connectivity index (χ2v) is 2.77. The first kappa shape index (κ1) is 9.26. The molecule has 3 heteroatoms. The quantitative estimate of drug-likeness (QED) is 0.572. The molecule has 3 nitrogen and oxygen atoms in total. The van der Waals surface area contributed by atoms with Crippen molar-refractivity contribution in [2.24, 2.45) is 0 Å². The van der Waals surface area contributed by atoms with Crippen LogP contribution in [0.3, 0.4) is 0 Å². The van der Waals surface area contributed by atoms with E-state index in [-0.39, 0.29) is 5.91 Å². The number of rotatable bonds is 2. The molecule has 0 aromatic rings. The van der Waals surface area contributed by atoms with Crippen molar-refractivity contribution in [1.82, 2.24) is 4.90 Å². The Balaban J connectivity index is 2.29. The number of carbonyl (C=O) groups excluding carboxylic acids is 1. The fourth-order valence-corrected chi connectivity index (χ4v) is 1.16. The van der Waals surface area contributed by atoms with E-state index in [0.717, 1.165) is 13.1 Å². The van der Waals surface area contributed by atoms with Crippen LogP contribution in [-0.4, -0.2) is 37.1 Å². The SMILES string of the molecule is C/C=C/CC(=O)N1CCOCC1. The lowest BCUT2D eigenvalue weighted by Gasteiger charge is -2.26. The zero-order valence-electron chi connectivity index (χ0n) is 7.45. The molecule has 0 bridgehead atoms. The van der Waals surface area contributed by atoms with Gasteiger partial charge in [0.25, 0.3) is 0 Å². The Morgan fingerprint density at radius 3 is 2.75 bits per heavy atom. The number of hydrogen-bond acceptors (Lipinski definition) is 2. The van der Waals surface area contributed by atoms with E-state index in [9.17, 15) is 4.79 Å². The standard InChI is InChI=1S/C9H15NO2/c1-2-3-4-9(11)10-5-7-12-8-6-10/h2-3H,4-8H2,1H3/b3-2+. The fraction of sp³-hybridized carbons (Fsp3) is 0.667. The van der Waals surface area contributed by atoms with Crippen molar-refractivity contribution >= 4 is 5.91 Å². The molecule has 0 aromatic heterocycles. The van der Waals surface area contributed by atoms with Gasteiger partial charge in [-0.1, -0.05) is 12.2 Å². The fourth-order valence-electron chi connectivity index (χ4n) is 1.16. The molecule has 0 saturated carbocycles. The van der Waals surface area contributed by atoms with Crippen LogP contribution >= 0.6 is 0 Å². The third kappa shape index (κ3) is 2.66. The molecule has 12 heavy (non-hydrogen) atoms. The maximum absolute atomic E-state index is 11.4. The molecule has 0 aromatic carbocycles. The van der Waals surface area contributed by atoms with E-state index >= 15 is 0 Å². The van der Waals surface area contributed by atoms with Crippen LogP contribution in [0, 0.1) is 0 Å². The number of hydrogen-bond donors (Lipinski definition) is 0. The van der Waals surface area contributed by atoms with Crippen molar-refractivity contribution in [3.8, 4) is 0 Å². The number of nitrogens with zero attached hydrogens (tertiary/aromatic N) is 1. The summed E-state index contributed by atoms with van der Waals surface area (Å²) >= 11 is 0. The van der Waals surface area contributed by atoms with E-state index in [1.54, 1.807) is 0 Å². The number of ether oxygens (including phenoxy) is 1. The summed E-state index contributed by atoms with van der Waals surface area (Å²) in [5, 5.41) is 0. The minimum absolute atomic E-state index is 0.205. The van der Waals surface area contributed by atoms with E-state index in [1.807, 2.05) is 24.0 Å². The average Bonchev–Trinajstić information content (AvgIpc) is 2.15. The molecular weight excluding hydrogens is 154 g/mol. The summed E-state index contributed by atoms with van der Waals surface area (Å²) in [7, 11) is 0. The van der Waals surface area contributed by atoms with E-state index < -0.39 is 0 Å². The predicted octanol–water partition coefficient (Wildman–Crippen LogP) is 0.811. The summed E-state index contributed by atoms with van der Waals surface area (Å²) in [6, 6.07) is 0. The van der Waals surface area contributed by atoms with Gasteiger partial charge in [-0.2, -0.15) is 0 Å². The molecule has 1 heterocycles. The van der Waals surface area contributed by atoms with Crippen molar-refractivity contribution in [2.45, 2.75) is 13.3 Å². The largest absolute Gasteiger partial charge is 0.378 e. The lowest BCUT2D eigenvalue weighted by atomic mass is 10.3. The molecular formula is C9H15NO2. The summed E-state index contributed by atoms with van der Waals surface area (Å²) in [6.07, 6.45) is 4.31. The van der Waals surface area contributed by atoms with Gasteiger partial charge < -0.3 is 9.64 Å².